The molecule has 3 aromatic rings. The largest absolute Gasteiger partial charge is 0.371 e. The summed E-state index contributed by atoms with van der Waals surface area (Å²) >= 11 is 0. The highest BCUT2D eigenvalue weighted by Gasteiger charge is 2.47. The Morgan fingerprint density at radius 2 is 1.68 bits per heavy atom. The van der Waals surface area contributed by atoms with Gasteiger partial charge in [0.05, 0.1) is 11.8 Å². The molecule has 2 unspecified atom stereocenters. The molecule has 210 valence electrons. The van der Waals surface area contributed by atoms with Crippen molar-refractivity contribution < 1.29 is 9.59 Å². The molecule has 2 N–H and O–H groups in total. The van der Waals surface area contributed by atoms with Crippen LogP contribution in [0.2, 0.25) is 0 Å². The molecule has 5 heterocycles. The van der Waals surface area contributed by atoms with Crippen molar-refractivity contribution in [2.45, 2.75) is 44.3 Å². The van der Waals surface area contributed by atoms with Crippen LogP contribution < -0.4 is 15.5 Å². The van der Waals surface area contributed by atoms with E-state index in [1.54, 1.807) is 25.3 Å². The molecule has 10 nitrogen and oxygen atoms in total. The molecule has 2 aromatic carbocycles. The molecule has 10 heteroatoms. The van der Waals surface area contributed by atoms with Gasteiger partial charge in [0, 0.05) is 79.9 Å². The lowest BCUT2D eigenvalue weighted by atomic mass is 9.85. The van der Waals surface area contributed by atoms with Gasteiger partial charge in [0.1, 0.15) is 6.54 Å². The number of rotatable bonds is 7. The Bertz CT molecular complexity index is 1430. The Morgan fingerprint density at radius 3 is 2.34 bits per heavy atom. The predicted molar refractivity (Wildman–Crippen MR) is 157 cm³/mol. The Hall–Kier alpha value is -4.49. The van der Waals surface area contributed by atoms with Crippen LogP contribution in [0.3, 0.4) is 0 Å². The lowest BCUT2D eigenvalue weighted by Gasteiger charge is -2.58. The monoisotopic (exact) mass is 550 g/mol. The second kappa shape index (κ2) is 11.6. The summed E-state index contributed by atoms with van der Waals surface area (Å²) in [6.45, 7) is 5.78. The molecule has 4 saturated heterocycles. The molecule has 4 aliphatic rings. The highest BCUT2D eigenvalue weighted by molar-refractivity contribution is 5.94. The first-order chi connectivity index (χ1) is 20.0. The Morgan fingerprint density at radius 1 is 0.976 bits per heavy atom. The van der Waals surface area contributed by atoms with Crippen LogP contribution in [0.5, 0.6) is 0 Å². The zero-order chi connectivity index (χ0) is 28.3. The van der Waals surface area contributed by atoms with Crippen LogP contribution in [0.25, 0.3) is 11.3 Å². The number of nitrogens with one attached hydrogen (secondary N) is 2. The van der Waals surface area contributed by atoms with Gasteiger partial charge in [0.2, 0.25) is 11.9 Å². The molecule has 4 fully saturated rings. The topological polar surface area (TPSA) is 117 Å². The van der Waals surface area contributed by atoms with Gasteiger partial charge in [-0.15, -0.1) is 0 Å². The van der Waals surface area contributed by atoms with Gasteiger partial charge in [-0.25, -0.2) is 9.97 Å². The summed E-state index contributed by atoms with van der Waals surface area (Å²) in [5.41, 5.74) is 4.22. The maximum atomic E-state index is 12.0. The number of amides is 2. The third kappa shape index (κ3) is 5.72. The van der Waals surface area contributed by atoms with Crippen LogP contribution in [-0.2, 0) is 4.79 Å². The molecule has 2 amide bonds. The fraction of sp³-hybridized carbons (Fsp3) is 0.387. The second-order valence-corrected chi connectivity index (χ2v) is 11.0. The molecule has 1 aromatic heterocycles. The number of piperidine rings is 2. The molecule has 0 radical (unpaired) electrons. The van der Waals surface area contributed by atoms with E-state index in [1.165, 1.54) is 12.1 Å². The van der Waals surface area contributed by atoms with Gasteiger partial charge >= 0.3 is 0 Å². The number of anilines is 3. The van der Waals surface area contributed by atoms with Gasteiger partial charge in [-0.1, -0.05) is 12.1 Å². The molecule has 4 aliphatic heterocycles. The molecule has 0 saturated carbocycles. The highest BCUT2D eigenvalue weighted by atomic mass is 16.2. The van der Waals surface area contributed by atoms with Crippen molar-refractivity contribution in [1.29, 1.82) is 5.26 Å². The van der Waals surface area contributed by atoms with Gasteiger partial charge in [-0.3, -0.25) is 14.5 Å². The van der Waals surface area contributed by atoms with E-state index in [-0.39, 0.29) is 18.4 Å². The van der Waals surface area contributed by atoms with Crippen LogP contribution in [-0.4, -0.2) is 82.4 Å². The molecule has 2 bridgehead atoms. The molecule has 41 heavy (non-hydrogen) atoms. The minimum absolute atomic E-state index is 0.0243. The molecular weight excluding hydrogens is 516 g/mol. The van der Waals surface area contributed by atoms with E-state index in [9.17, 15) is 9.59 Å². The fourth-order valence-corrected chi connectivity index (χ4v) is 6.42. The van der Waals surface area contributed by atoms with Crippen molar-refractivity contribution in [3.63, 3.8) is 0 Å². The third-order valence-electron chi connectivity index (χ3n) is 8.48. The normalized spacial score (nSPS) is 20.6. The molecule has 7 rings (SSSR count). The summed E-state index contributed by atoms with van der Waals surface area (Å²) in [6, 6.07) is 20.7. The average Bonchev–Trinajstić information content (AvgIpc) is 3.00. The second-order valence-electron chi connectivity index (χ2n) is 11.0. The number of nitriles is 1. The van der Waals surface area contributed by atoms with Crippen LogP contribution in [0, 0.1) is 11.3 Å². The minimum Gasteiger partial charge on any atom is -0.371 e. The lowest BCUT2D eigenvalue weighted by molar-refractivity contribution is -0.153. The highest BCUT2D eigenvalue weighted by Crippen LogP contribution is 2.35. The van der Waals surface area contributed by atoms with Crippen LogP contribution in [0.15, 0.2) is 60.8 Å². The Balaban J connectivity index is 1.02. The summed E-state index contributed by atoms with van der Waals surface area (Å²) in [5.74, 6) is 0.440. The summed E-state index contributed by atoms with van der Waals surface area (Å²) in [4.78, 5) is 40.1. The van der Waals surface area contributed by atoms with E-state index < -0.39 is 0 Å². The number of fused-ring (bicyclic) bond motifs is 2. The van der Waals surface area contributed by atoms with E-state index in [1.807, 2.05) is 24.3 Å². The Kier molecular flexibility index (Phi) is 7.53. The smallest absolute Gasteiger partial charge is 0.252 e. The SMILES string of the molecule is CC(=O)N1C2CC1CN(C1CCN(c3ccc(Nc4nccc(-c5ccc(C(=O)NCC#N)cc5)n4)cc3)CC1)C2. The van der Waals surface area contributed by atoms with Crippen molar-refractivity contribution in [1.82, 2.24) is 25.1 Å². The number of carbonyl (C=O) groups excluding carboxylic acids is 2. The van der Waals surface area contributed by atoms with Gasteiger partial charge in [0.15, 0.2) is 0 Å². The van der Waals surface area contributed by atoms with Crippen molar-refractivity contribution in [2.75, 3.05) is 42.9 Å². The average molecular weight is 551 g/mol. The maximum Gasteiger partial charge on any atom is 0.252 e. The summed E-state index contributed by atoms with van der Waals surface area (Å²) < 4.78 is 0. The number of aromatic nitrogens is 2. The van der Waals surface area contributed by atoms with Gasteiger partial charge in [-0.2, -0.15) is 5.26 Å². The quantitative estimate of drug-likeness (QED) is 0.430. The fourth-order valence-electron chi connectivity index (χ4n) is 6.42. The van der Waals surface area contributed by atoms with E-state index in [4.69, 9.17) is 5.26 Å². The van der Waals surface area contributed by atoms with E-state index in [0.717, 1.165) is 56.0 Å². The van der Waals surface area contributed by atoms with Crippen LogP contribution in [0.1, 0.15) is 36.5 Å². The number of hydrogen-bond acceptors (Lipinski definition) is 8. The standard InChI is InChI=1S/C31H34N8O2/c1-21(40)39-27-18-28(39)20-38(19-27)26-11-16-37(17-12-26)25-8-6-24(7-9-25)35-31-34-14-10-29(36-31)22-2-4-23(5-3-22)30(41)33-15-13-32/h2-10,14,26-28H,11-12,15-20H2,1H3,(H,33,41)(H,34,35,36). The number of benzene rings is 2. The van der Waals surface area contributed by atoms with Crippen LogP contribution in [0.4, 0.5) is 17.3 Å². The number of nitrogens with zero attached hydrogens (tertiary/aromatic N) is 6. The number of hydrogen-bond donors (Lipinski definition) is 2. The summed E-state index contributed by atoms with van der Waals surface area (Å²) in [7, 11) is 0. The van der Waals surface area contributed by atoms with Gasteiger partial charge < -0.3 is 20.4 Å². The number of piperazine rings is 1. The van der Waals surface area contributed by atoms with Crippen molar-refractivity contribution in [2.24, 2.45) is 0 Å². The summed E-state index contributed by atoms with van der Waals surface area (Å²) in [6.07, 6.45) is 5.17. The first-order valence-corrected chi connectivity index (χ1v) is 14.2. The van der Waals surface area contributed by atoms with Crippen molar-refractivity contribution in [3.8, 4) is 17.3 Å². The van der Waals surface area contributed by atoms with E-state index >= 15 is 0 Å². The molecule has 0 spiro atoms. The third-order valence-corrected chi connectivity index (χ3v) is 8.48. The summed E-state index contributed by atoms with van der Waals surface area (Å²) in [5, 5.41) is 14.5. The number of carbonyl (C=O) groups is 2. The van der Waals surface area contributed by atoms with Gasteiger partial charge in [0.25, 0.3) is 5.91 Å². The van der Waals surface area contributed by atoms with Crippen molar-refractivity contribution in [3.05, 3.63) is 66.4 Å². The zero-order valence-corrected chi connectivity index (χ0v) is 23.2. The van der Waals surface area contributed by atoms with E-state index in [0.29, 0.717) is 29.6 Å². The Labute approximate surface area is 240 Å². The van der Waals surface area contributed by atoms with Crippen LogP contribution >= 0.6 is 0 Å². The molecule has 2 atom stereocenters. The van der Waals surface area contributed by atoms with Crippen molar-refractivity contribution >= 4 is 29.1 Å². The molecular formula is C31H34N8O2. The zero-order valence-electron chi connectivity index (χ0n) is 23.2. The molecule has 0 aliphatic carbocycles. The minimum atomic E-state index is -0.281. The maximum absolute atomic E-state index is 12.0. The lowest BCUT2D eigenvalue weighted by Crippen LogP contribution is -2.71. The first kappa shape index (κ1) is 26.7. The first-order valence-electron chi connectivity index (χ1n) is 14.2. The predicted octanol–water partition coefficient (Wildman–Crippen LogP) is 3.41. The van der Waals surface area contributed by atoms with Gasteiger partial charge in [-0.05, 0) is 61.7 Å². The van der Waals surface area contributed by atoms with E-state index in [2.05, 4.69) is 59.6 Å².